The normalized spacial score (nSPS) is 10.8. The van der Waals surface area contributed by atoms with Gasteiger partial charge in [0.1, 0.15) is 5.82 Å². The molecule has 0 amide bonds. The molecule has 2 N–H and O–H groups in total. The van der Waals surface area contributed by atoms with Gasteiger partial charge in [0.05, 0.1) is 23.1 Å². The molecule has 21 heavy (non-hydrogen) atoms. The van der Waals surface area contributed by atoms with Crippen molar-refractivity contribution in [1.82, 2.24) is 4.98 Å². The molecule has 0 saturated heterocycles. The molecule has 0 atom stereocenters. The average molecular weight is 302 g/mol. The van der Waals surface area contributed by atoms with Gasteiger partial charge in [-0.15, -0.1) is 0 Å². The van der Waals surface area contributed by atoms with E-state index in [1.165, 1.54) is 22.6 Å². The topological polar surface area (TPSA) is 100 Å². The SMILES string of the molecule is N#CCCN(c1ccccc1)S(=O)(=O)c1ccnc(N)c1. The number of rotatable bonds is 5. The summed E-state index contributed by atoms with van der Waals surface area (Å²) in [5.74, 6) is 0.129. The number of benzene rings is 1. The maximum Gasteiger partial charge on any atom is 0.264 e. The molecule has 108 valence electrons. The van der Waals surface area contributed by atoms with Crippen LogP contribution in [0.4, 0.5) is 11.5 Å². The van der Waals surface area contributed by atoms with Gasteiger partial charge >= 0.3 is 0 Å². The Bertz CT molecular complexity index is 754. The van der Waals surface area contributed by atoms with Crippen LogP contribution >= 0.6 is 0 Å². The Kier molecular flexibility index (Phi) is 4.40. The molecule has 1 aromatic carbocycles. The summed E-state index contributed by atoms with van der Waals surface area (Å²) in [7, 11) is -3.79. The quantitative estimate of drug-likeness (QED) is 0.907. The molecule has 1 aromatic heterocycles. The second kappa shape index (κ2) is 6.24. The van der Waals surface area contributed by atoms with Crippen LogP contribution in [-0.4, -0.2) is 19.9 Å². The number of nitrogens with zero attached hydrogens (tertiary/aromatic N) is 3. The number of sulfonamides is 1. The average Bonchev–Trinajstić information content (AvgIpc) is 2.48. The molecule has 6 nitrogen and oxygen atoms in total. The third-order valence-corrected chi connectivity index (χ3v) is 4.63. The number of anilines is 2. The van der Waals surface area contributed by atoms with Crippen LogP contribution in [0.5, 0.6) is 0 Å². The molecule has 0 aliphatic heterocycles. The molecule has 2 rings (SSSR count). The lowest BCUT2D eigenvalue weighted by molar-refractivity contribution is 0.591. The number of nitrogen functional groups attached to an aromatic ring is 1. The van der Waals surface area contributed by atoms with Crippen molar-refractivity contribution in [2.24, 2.45) is 0 Å². The molecule has 0 saturated carbocycles. The first-order valence-corrected chi connectivity index (χ1v) is 7.66. The van der Waals surface area contributed by atoms with Crippen LogP contribution < -0.4 is 10.0 Å². The molecule has 0 spiro atoms. The Morgan fingerprint density at radius 3 is 2.57 bits per heavy atom. The number of hydrogen-bond donors (Lipinski definition) is 1. The third kappa shape index (κ3) is 3.30. The van der Waals surface area contributed by atoms with Gasteiger partial charge < -0.3 is 5.73 Å². The summed E-state index contributed by atoms with van der Waals surface area (Å²) >= 11 is 0. The van der Waals surface area contributed by atoms with E-state index in [9.17, 15) is 8.42 Å². The number of para-hydroxylation sites is 1. The molecule has 0 aliphatic carbocycles. The summed E-state index contributed by atoms with van der Waals surface area (Å²) in [6, 6.07) is 13.3. The fraction of sp³-hybridized carbons (Fsp3) is 0.143. The standard InChI is InChI=1S/C14H14N4O2S/c15-8-4-10-18(12-5-2-1-3-6-12)21(19,20)13-7-9-17-14(16)11-13/h1-3,5-7,9,11H,4,10H2,(H2,16,17). The van der Waals surface area contributed by atoms with Crippen LogP contribution in [0.3, 0.4) is 0 Å². The predicted octanol–water partition coefficient (Wildman–Crippen LogP) is 1.77. The van der Waals surface area contributed by atoms with Crippen LogP contribution in [-0.2, 0) is 10.0 Å². The van der Waals surface area contributed by atoms with E-state index < -0.39 is 10.0 Å². The minimum Gasteiger partial charge on any atom is -0.384 e. The molecule has 1 heterocycles. The highest BCUT2D eigenvalue weighted by Crippen LogP contribution is 2.24. The molecular weight excluding hydrogens is 288 g/mol. The van der Waals surface area contributed by atoms with Gasteiger partial charge in [-0.1, -0.05) is 18.2 Å². The van der Waals surface area contributed by atoms with Crippen LogP contribution in [0.2, 0.25) is 0 Å². The first-order valence-electron chi connectivity index (χ1n) is 6.22. The highest BCUT2D eigenvalue weighted by Gasteiger charge is 2.24. The van der Waals surface area contributed by atoms with Gasteiger partial charge in [0.2, 0.25) is 0 Å². The number of nitriles is 1. The maximum atomic E-state index is 12.7. The highest BCUT2D eigenvalue weighted by atomic mass is 32.2. The summed E-state index contributed by atoms with van der Waals surface area (Å²) < 4.78 is 26.6. The van der Waals surface area contributed by atoms with E-state index in [0.29, 0.717) is 5.69 Å². The number of pyridine rings is 1. The van der Waals surface area contributed by atoms with Gasteiger partial charge in [-0.3, -0.25) is 4.31 Å². The van der Waals surface area contributed by atoms with Crippen molar-refractivity contribution in [3.8, 4) is 6.07 Å². The Morgan fingerprint density at radius 1 is 1.24 bits per heavy atom. The van der Waals surface area contributed by atoms with Gasteiger partial charge in [-0.2, -0.15) is 5.26 Å². The minimum absolute atomic E-state index is 0.0526. The second-order valence-corrected chi connectivity index (χ2v) is 6.10. The fourth-order valence-electron chi connectivity index (χ4n) is 1.85. The van der Waals surface area contributed by atoms with Crippen LogP contribution in [0, 0.1) is 11.3 Å². The molecule has 0 bridgehead atoms. The van der Waals surface area contributed by atoms with Crippen molar-refractivity contribution >= 4 is 21.5 Å². The van der Waals surface area contributed by atoms with Crippen molar-refractivity contribution in [3.63, 3.8) is 0 Å². The van der Waals surface area contributed by atoms with E-state index in [1.54, 1.807) is 30.3 Å². The van der Waals surface area contributed by atoms with Gasteiger partial charge in [0, 0.05) is 18.8 Å². The Balaban J connectivity index is 2.48. The zero-order valence-corrected chi connectivity index (χ0v) is 12.0. The molecule has 0 radical (unpaired) electrons. The maximum absolute atomic E-state index is 12.7. The fourth-order valence-corrected chi connectivity index (χ4v) is 3.34. The zero-order chi connectivity index (χ0) is 15.3. The van der Waals surface area contributed by atoms with E-state index in [-0.39, 0.29) is 23.7 Å². The Labute approximate surface area is 123 Å². The largest absolute Gasteiger partial charge is 0.384 e. The lowest BCUT2D eigenvalue weighted by Crippen LogP contribution is -2.32. The summed E-state index contributed by atoms with van der Waals surface area (Å²) in [6.07, 6.45) is 1.43. The molecule has 0 fully saturated rings. The van der Waals surface area contributed by atoms with Gasteiger partial charge in [0.25, 0.3) is 10.0 Å². The first kappa shape index (κ1) is 14.8. The smallest absolute Gasteiger partial charge is 0.264 e. The Hall–Kier alpha value is -2.59. The zero-order valence-electron chi connectivity index (χ0n) is 11.2. The lowest BCUT2D eigenvalue weighted by Gasteiger charge is -2.23. The summed E-state index contributed by atoms with van der Waals surface area (Å²) in [5, 5.41) is 8.74. The summed E-state index contributed by atoms with van der Waals surface area (Å²) in [4.78, 5) is 3.84. The van der Waals surface area contributed by atoms with E-state index in [0.717, 1.165) is 0 Å². The van der Waals surface area contributed by atoms with Gasteiger partial charge in [-0.25, -0.2) is 13.4 Å². The third-order valence-electron chi connectivity index (χ3n) is 2.81. The highest BCUT2D eigenvalue weighted by molar-refractivity contribution is 7.92. The summed E-state index contributed by atoms with van der Waals surface area (Å²) in [6.45, 7) is 0.0745. The second-order valence-electron chi connectivity index (χ2n) is 4.24. The van der Waals surface area contributed by atoms with E-state index in [2.05, 4.69) is 4.98 Å². The number of aromatic nitrogens is 1. The van der Waals surface area contributed by atoms with E-state index in [4.69, 9.17) is 11.0 Å². The minimum atomic E-state index is -3.79. The molecule has 2 aromatic rings. The Morgan fingerprint density at radius 2 is 1.95 bits per heavy atom. The summed E-state index contributed by atoms with van der Waals surface area (Å²) in [5.41, 5.74) is 6.05. The lowest BCUT2D eigenvalue weighted by atomic mass is 10.3. The number of hydrogen-bond acceptors (Lipinski definition) is 5. The van der Waals surface area contributed by atoms with Gasteiger partial charge in [0.15, 0.2) is 0 Å². The van der Waals surface area contributed by atoms with Crippen molar-refractivity contribution < 1.29 is 8.42 Å². The van der Waals surface area contributed by atoms with E-state index >= 15 is 0 Å². The molecule has 0 unspecified atom stereocenters. The predicted molar refractivity (Wildman–Crippen MR) is 79.9 cm³/mol. The van der Waals surface area contributed by atoms with Crippen LogP contribution in [0.25, 0.3) is 0 Å². The van der Waals surface area contributed by atoms with E-state index in [1.807, 2.05) is 6.07 Å². The van der Waals surface area contributed by atoms with Crippen LogP contribution in [0.1, 0.15) is 6.42 Å². The van der Waals surface area contributed by atoms with Gasteiger partial charge in [-0.05, 0) is 18.2 Å². The number of nitrogens with two attached hydrogens (primary N) is 1. The molecular formula is C14H14N4O2S. The van der Waals surface area contributed by atoms with Crippen molar-refractivity contribution in [2.45, 2.75) is 11.3 Å². The first-order chi connectivity index (χ1) is 10.1. The van der Waals surface area contributed by atoms with Crippen molar-refractivity contribution in [2.75, 3.05) is 16.6 Å². The van der Waals surface area contributed by atoms with Crippen LogP contribution in [0.15, 0.2) is 53.6 Å². The van der Waals surface area contributed by atoms with Crippen molar-refractivity contribution in [3.05, 3.63) is 48.7 Å². The monoisotopic (exact) mass is 302 g/mol. The molecule has 0 aliphatic rings. The van der Waals surface area contributed by atoms with Crippen molar-refractivity contribution in [1.29, 1.82) is 5.26 Å². The molecule has 7 heteroatoms.